The molecule has 0 saturated carbocycles. The molecule has 1 aliphatic heterocycles. The number of amides is 1. The van der Waals surface area contributed by atoms with Crippen LogP contribution in [0.4, 0.5) is 5.69 Å². The number of hydrogen-bond donors (Lipinski definition) is 2. The Morgan fingerprint density at radius 3 is 2.84 bits per heavy atom. The number of rotatable bonds is 4. The zero-order valence-electron chi connectivity index (χ0n) is 11.2. The largest absolute Gasteiger partial charge is 0.398 e. The van der Waals surface area contributed by atoms with E-state index in [1.807, 2.05) is 6.92 Å². The number of carbonyl (C=O) groups excluding carboxylic acids is 1. The van der Waals surface area contributed by atoms with Gasteiger partial charge < -0.3 is 16.0 Å². The number of nitrogens with two attached hydrogens (primary N) is 1. The zero-order valence-corrected chi connectivity index (χ0v) is 12.7. The Morgan fingerprint density at radius 1 is 1.47 bits per heavy atom. The van der Waals surface area contributed by atoms with Crippen LogP contribution in [0, 0.1) is 0 Å². The van der Waals surface area contributed by atoms with Crippen molar-refractivity contribution in [2.45, 2.75) is 25.8 Å². The van der Waals surface area contributed by atoms with Crippen LogP contribution in [-0.4, -0.2) is 36.5 Å². The number of carbonyl (C=O) groups is 1. The lowest BCUT2D eigenvalue weighted by Gasteiger charge is -2.21. The minimum absolute atomic E-state index is 0.0779. The topological polar surface area (TPSA) is 58.4 Å². The maximum atomic E-state index is 12.2. The van der Waals surface area contributed by atoms with Crippen LogP contribution < -0.4 is 11.1 Å². The minimum Gasteiger partial charge on any atom is -0.398 e. The van der Waals surface area contributed by atoms with E-state index >= 15 is 0 Å². The maximum absolute atomic E-state index is 12.2. The first kappa shape index (κ1) is 14.3. The van der Waals surface area contributed by atoms with Gasteiger partial charge >= 0.3 is 0 Å². The Morgan fingerprint density at radius 2 is 2.16 bits per heavy atom. The number of halogens is 1. The molecule has 1 aromatic carbocycles. The molecule has 3 N–H and O–H groups in total. The summed E-state index contributed by atoms with van der Waals surface area (Å²) in [6.07, 6.45) is 2.53. The highest BCUT2D eigenvalue weighted by molar-refractivity contribution is 9.10. The molecule has 1 aliphatic rings. The standard InChI is InChI=1S/C14H20BrN3O/c1-10(9-18-7-2-3-8-18)17-14(19)11-5-4-6-12(16)13(11)15/h4-6,10H,2-3,7-9,16H2,1H3,(H,17,19). The third-order valence-corrected chi connectivity index (χ3v) is 4.27. The summed E-state index contributed by atoms with van der Waals surface area (Å²) in [5, 5.41) is 3.02. The van der Waals surface area contributed by atoms with E-state index in [1.165, 1.54) is 12.8 Å². The second-order valence-electron chi connectivity index (χ2n) is 5.09. The summed E-state index contributed by atoms with van der Waals surface area (Å²) in [4.78, 5) is 14.6. The molecule has 1 atom stereocenters. The van der Waals surface area contributed by atoms with Gasteiger partial charge in [-0.25, -0.2) is 0 Å². The van der Waals surface area contributed by atoms with Gasteiger partial charge in [0.1, 0.15) is 0 Å². The van der Waals surface area contributed by atoms with Crippen molar-refractivity contribution in [2.75, 3.05) is 25.4 Å². The second kappa shape index (κ2) is 6.39. The summed E-state index contributed by atoms with van der Waals surface area (Å²) in [5.41, 5.74) is 6.96. The lowest BCUT2D eigenvalue weighted by molar-refractivity contribution is 0.0931. The molecular weight excluding hydrogens is 306 g/mol. The Kier molecular flexibility index (Phi) is 4.82. The number of anilines is 1. The van der Waals surface area contributed by atoms with Crippen LogP contribution in [0.5, 0.6) is 0 Å². The lowest BCUT2D eigenvalue weighted by Crippen LogP contribution is -2.41. The van der Waals surface area contributed by atoms with Crippen molar-refractivity contribution in [2.24, 2.45) is 0 Å². The van der Waals surface area contributed by atoms with Crippen molar-refractivity contribution in [3.8, 4) is 0 Å². The van der Waals surface area contributed by atoms with E-state index in [0.29, 0.717) is 15.7 Å². The fourth-order valence-electron chi connectivity index (χ4n) is 2.42. The highest BCUT2D eigenvalue weighted by Crippen LogP contribution is 2.23. The third kappa shape index (κ3) is 3.70. The summed E-state index contributed by atoms with van der Waals surface area (Å²) >= 11 is 3.36. The summed E-state index contributed by atoms with van der Waals surface area (Å²) in [6, 6.07) is 5.48. The minimum atomic E-state index is -0.0779. The average Bonchev–Trinajstić information content (AvgIpc) is 2.85. The Bertz CT molecular complexity index is 458. The maximum Gasteiger partial charge on any atom is 0.252 e. The lowest BCUT2D eigenvalue weighted by atomic mass is 10.1. The van der Waals surface area contributed by atoms with E-state index in [-0.39, 0.29) is 11.9 Å². The number of nitrogens with one attached hydrogen (secondary N) is 1. The molecule has 0 aliphatic carbocycles. The van der Waals surface area contributed by atoms with Gasteiger partial charge in [-0.3, -0.25) is 4.79 Å². The highest BCUT2D eigenvalue weighted by atomic mass is 79.9. The molecule has 0 spiro atoms. The third-order valence-electron chi connectivity index (χ3n) is 3.38. The Labute approximate surface area is 122 Å². The predicted molar refractivity (Wildman–Crippen MR) is 81.2 cm³/mol. The molecule has 1 fully saturated rings. The van der Waals surface area contributed by atoms with E-state index < -0.39 is 0 Å². The van der Waals surface area contributed by atoms with Crippen LogP contribution in [0.15, 0.2) is 22.7 Å². The van der Waals surface area contributed by atoms with Gasteiger partial charge in [-0.2, -0.15) is 0 Å². The van der Waals surface area contributed by atoms with Gasteiger partial charge in [0.05, 0.1) is 10.0 Å². The smallest absolute Gasteiger partial charge is 0.252 e. The van der Waals surface area contributed by atoms with Gasteiger partial charge in [-0.1, -0.05) is 6.07 Å². The van der Waals surface area contributed by atoms with Crippen LogP contribution in [0.1, 0.15) is 30.1 Å². The van der Waals surface area contributed by atoms with Crippen LogP contribution in [-0.2, 0) is 0 Å². The fraction of sp³-hybridized carbons (Fsp3) is 0.500. The van der Waals surface area contributed by atoms with Gasteiger partial charge in [-0.15, -0.1) is 0 Å². The van der Waals surface area contributed by atoms with Crippen LogP contribution in [0.2, 0.25) is 0 Å². The first-order valence-corrected chi connectivity index (χ1v) is 7.44. The SMILES string of the molecule is CC(CN1CCCC1)NC(=O)c1cccc(N)c1Br. The van der Waals surface area contributed by atoms with E-state index in [0.717, 1.165) is 19.6 Å². The van der Waals surface area contributed by atoms with E-state index in [9.17, 15) is 4.79 Å². The van der Waals surface area contributed by atoms with Crippen molar-refractivity contribution in [3.63, 3.8) is 0 Å². The van der Waals surface area contributed by atoms with Crippen LogP contribution >= 0.6 is 15.9 Å². The van der Waals surface area contributed by atoms with Crippen LogP contribution in [0.3, 0.4) is 0 Å². The van der Waals surface area contributed by atoms with E-state index in [4.69, 9.17) is 5.73 Å². The van der Waals surface area contributed by atoms with Gasteiger partial charge in [0.2, 0.25) is 0 Å². The monoisotopic (exact) mass is 325 g/mol. The molecule has 2 rings (SSSR count). The van der Waals surface area contributed by atoms with Gasteiger partial charge in [0.25, 0.3) is 5.91 Å². The molecule has 1 heterocycles. The van der Waals surface area contributed by atoms with Crippen molar-refractivity contribution >= 4 is 27.5 Å². The zero-order chi connectivity index (χ0) is 13.8. The molecule has 104 valence electrons. The molecule has 1 aromatic rings. The van der Waals surface area contributed by atoms with Crippen molar-refractivity contribution in [1.29, 1.82) is 0 Å². The van der Waals surface area contributed by atoms with Gasteiger partial charge in [0, 0.05) is 18.3 Å². The first-order chi connectivity index (χ1) is 9.08. The molecule has 19 heavy (non-hydrogen) atoms. The molecule has 0 radical (unpaired) electrons. The number of benzene rings is 1. The van der Waals surface area contributed by atoms with Crippen LogP contribution in [0.25, 0.3) is 0 Å². The molecule has 1 saturated heterocycles. The number of hydrogen-bond acceptors (Lipinski definition) is 3. The molecule has 0 aromatic heterocycles. The molecular formula is C14H20BrN3O. The average molecular weight is 326 g/mol. The Hall–Kier alpha value is -1.07. The summed E-state index contributed by atoms with van der Waals surface area (Å²) in [7, 11) is 0. The molecule has 4 nitrogen and oxygen atoms in total. The molecule has 5 heteroatoms. The van der Waals surface area contributed by atoms with E-state index in [1.54, 1.807) is 18.2 Å². The fourth-order valence-corrected chi connectivity index (χ4v) is 2.87. The molecule has 1 unspecified atom stereocenters. The number of likely N-dealkylation sites (tertiary alicyclic amines) is 1. The van der Waals surface area contributed by atoms with Crippen molar-refractivity contribution in [1.82, 2.24) is 10.2 Å². The summed E-state index contributed by atoms with van der Waals surface area (Å²) in [6.45, 7) is 5.23. The predicted octanol–water partition coefficient (Wildman–Crippen LogP) is 2.25. The summed E-state index contributed by atoms with van der Waals surface area (Å²) in [5.74, 6) is -0.0779. The van der Waals surface area contributed by atoms with Gasteiger partial charge in [0.15, 0.2) is 0 Å². The van der Waals surface area contributed by atoms with Crippen molar-refractivity contribution < 1.29 is 4.79 Å². The molecule has 1 amide bonds. The highest BCUT2D eigenvalue weighted by Gasteiger charge is 2.18. The first-order valence-electron chi connectivity index (χ1n) is 6.65. The Balaban J connectivity index is 1.94. The quantitative estimate of drug-likeness (QED) is 0.835. The normalized spacial score (nSPS) is 17.4. The van der Waals surface area contributed by atoms with Gasteiger partial charge in [-0.05, 0) is 60.9 Å². The van der Waals surface area contributed by atoms with Crippen molar-refractivity contribution in [3.05, 3.63) is 28.2 Å². The number of nitrogen functional groups attached to an aromatic ring is 1. The second-order valence-corrected chi connectivity index (χ2v) is 5.88. The van der Waals surface area contributed by atoms with E-state index in [2.05, 4.69) is 26.1 Å². The number of nitrogens with zero attached hydrogens (tertiary/aromatic N) is 1. The summed E-state index contributed by atoms with van der Waals surface area (Å²) < 4.78 is 0.667. The molecule has 0 bridgehead atoms.